The lowest BCUT2D eigenvalue weighted by atomic mass is 10.1. The first-order chi connectivity index (χ1) is 14.6. The van der Waals surface area contributed by atoms with E-state index < -0.39 is 0 Å². The summed E-state index contributed by atoms with van der Waals surface area (Å²) in [5.41, 5.74) is 1.93. The molecule has 0 fully saturated rings. The van der Waals surface area contributed by atoms with Crippen LogP contribution in [0.5, 0.6) is 5.75 Å². The summed E-state index contributed by atoms with van der Waals surface area (Å²) in [5.74, 6) is 1.67. The number of hydrogen-bond donors (Lipinski definition) is 0. The Hall–Kier alpha value is -2.80. The van der Waals surface area contributed by atoms with Gasteiger partial charge in [-0.15, -0.1) is 10.2 Å². The summed E-state index contributed by atoms with van der Waals surface area (Å²) in [6, 6.07) is 17.6. The van der Waals surface area contributed by atoms with Crippen LogP contribution in [0.4, 0.5) is 0 Å². The van der Waals surface area contributed by atoms with Gasteiger partial charge in [0.05, 0.1) is 7.11 Å². The van der Waals surface area contributed by atoms with Gasteiger partial charge in [0.25, 0.3) is 0 Å². The molecule has 7 heteroatoms. The minimum atomic E-state index is -0.371. The zero-order chi connectivity index (χ0) is 21.5. The van der Waals surface area contributed by atoms with Crippen LogP contribution in [0.2, 0.25) is 0 Å². The van der Waals surface area contributed by atoms with Crippen molar-refractivity contribution < 1.29 is 9.53 Å². The monoisotopic (exact) mass is 424 g/mol. The number of thioether (sulfide) groups is 1. The molecular weight excluding hydrogens is 396 g/mol. The van der Waals surface area contributed by atoms with E-state index in [1.54, 1.807) is 7.11 Å². The first-order valence-electron chi connectivity index (χ1n) is 10.2. The van der Waals surface area contributed by atoms with E-state index in [1.165, 1.54) is 11.8 Å². The van der Waals surface area contributed by atoms with Gasteiger partial charge in [0.1, 0.15) is 11.0 Å². The molecule has 1 atom stereocenters. The van der Waals surface area contributed by atoms with Crippen LogP contribution in [0.1, 0.15) is 31.6 Å². The number of nitrogens with zero attached hydrogens (tertiary/aromatic N) is 4. The molecule has 0 saturated heterocycles. The summed E-state index contributed by atoms with van der Waals surface area (Å²) in [7, 11) is 1.65. The van der Waals surface area contributed by atoms with Crippen LogP contribution in [-0.2, 0) is 11.3 Å². The summed E-state index contributed by atoms with van der Waals surface area (Å²) in [6.07, 6.45) is 0. The maximum Gasteiger partial charge on any atom is 0.240 e. The summed E-state index contributed by atoms with van der Waals surface area (Å²) in [6.45, 7) is 8.13. The number of carbonyl (C=O) groups excluding carboxylic acids is 1. The molecular formula is C23H28N4O2S. The molecule has 0 aliphatic carbocycles. The molecule has 0 spiro atoms. The summed E-state index contributed by atoms with van der Waals surface area (Å²) >= 11 is 1.46. The second-order valence-electron chi connectivity index (χ2n) is 6.70. The number of amides is 1. The lowest BCUT2D eigenvalue weighted by molar-refractivity contribution is -0.130. The standard InChI is InChI=1S/C23H28N4O2S/c1-5-26(6-2)22(28)20(17-11-9-8-10-12-17)30-23-25-24-21(27(23)7-3)18-13-15-19(29-4)16-14-18/h8-16,20H,5-7H2,1-4H3/t20-/m0/s1. The third kappa shape index (κ3) is 4.67. The molecule has 1 aromatic heterocycles. The molecule has 0 aliphatic heterocycles. The van der Waals surface area contributed by atoms with E-state index in [9.17, 15) is 4.79 Å². The fourth-order valence-electron chi connectivity index (χ4n) is 3.31. The van der Waals surface area contributed by atoms with E-state index in [-0.39, 0.29) is 11.2 Å². The number of aromatic nitrogens is 3. The molecule has 6 nitrogen and oxygen atoms in total. The summed E-state index contributed by atoms with van der Waals surface area (Å²) in [5, 5.41) is 9.23. The maximum absolute atomic E-state index is 13.3. The Morgan fingerprint density at radius 3 is 2.27 bits per heavy atom. The van der Waals surface area contributed by atoms with Gasteiger partial charge in [-0.25, -0.2) is 0 Å². The van der Waals surface area contributed by atoms with Crippen molar-refractivity contribution in [2.24, 2.45) is 0 Å². The van der Waals surface area contributed by atoms with E-state index in [2.05, 4.69) is 21.7 Å². The number of rotatable bonds is 9. The lowest BCUT2D eigenvalue weighted by Gasteiger charge is -2.25. The predicted molar refractivity (Wildman–Crippen MR) is 121 cm³/mol. The van der Waals surface area contributed by atoms with Crippen LogP contribution >= 0.6 is 11.8 Å². The van der Waals surface area contributed by atoms with Gasteiger partial charge in [0.2, 0.25) is 5.91 Å². The van der Waals surface area contributed by atoms with E-state index >= 15 is 0 Å². The molecule has 1 heterocycles. The van der Waals surface area contributed by atoms with Crippen LogP contribution < -0.4 is 4.74 Å². The first kappa shape index (κ1) is 21.9. The Balaban J connectivity index is 1.96. The molecule has 0 radical (unpaired) electrons. The fraction of sp³-hybridized carbons (Fsp3) is 0.348. The first-order valence-corrected chi connectivity index (χ1v) is 11.1. The lowest BCUT2D eigenvalue weighted by Crippen LogP contribution is -2.34. The molecule has 3 aromatic rings. The molecule has 1 amide bonds. The van der Waals surface area contributed by atoms with E-state index in [0.29, 0.717) is 19.6 Å². The number of carbonyl (C=O) groups is 1. The molecule has 0 bridgehead atoms. The van der Waals surface area contributed by atoms with Gasteiger partial charge in [-0.05, 0) is 50.6 Å². The van der Waals surface area contributed by atoms with Crippen LogP contribution in [0.3, 0.4) is 0 Å². The van der Waals surface area contributed by atoms with Crippen LogP contribution in [-0.4, -0.2) is 45.8 Å². The number of methoxy groups -OCH3 is 1. The van der Waals surface area contributed by atoms with Gasteiger partial charge in [-0.1, -0.05) is 42.1 Å². The third-order valence-electron chi connectivity index (χ3n) is 5.01. The molecule has 30 heavy (non-hydrogen) atoms. The number of ether oxygens (including phenoxy) is 1. The zero-order valence-electron chi connectivity index (χ0n) is 17.9. The van der Waals surface area contributed by atoms with E-state index in [0.717, 1.165) is 27.9 Å². The van der Waals surface area contributed by atoms with Crippen LogP contribution in [0, 0.1) is 0 Å². The number of likely N-dealkylation sites (N-methyl/N-ethyl adjacent to an activating group) is 1. The second kappa shape index (κ2) is 10.3. The van der Waals surface area contributed by atoms with Gasteiger partial charge in [-0.2, -0.15) is 0 Å². The topological polar surface area (TPSA) is 60.3 Å². The molecule has 2 aromatic carbocycles. The molecule has 0 unspecified atom stereocenters. The quantitative estimate of drug-likeness (QED) is 0.467. The van der Waals surface area contributed by atoms with Gasteiger partial charge >= 0.3 is 0 Å². The van der Waals surface area contributed by atoms with Crippen molar-refractivity contribution in [3.05, 3.63) is 60.2 Å². The normalized spacial score (nSPS) is 11.9. The Morgan fingerprint density at radius 1 is 1.03 bits per heavy atom. The number of benzene rings is 2. The van der Waals surface area contributed by atoms with Gasteiger partial charge in [0.15, 0.2) is 11.0 Å². The molecule has 158 valence electrons. The highest BCUT2D eigenvalue weighted by Crippen LogP contribution is 2.37. The number of hydrogen-bond acceptors (Lipinski definition) is 5. The van der Waals surface area contributed by atoms with Gasteiger partial charge in [-0.3, -0.25) is 4.79 Å². The molecule has 0 aliphatic rings. The SMILES string of the molecule is CCN(CC)C(=O)[C@@H](Sc1nnc(-c2ccc(OC)cc2)n1CC)c1ccccc1. The average Bonchev–Trinajstić information content (AvgIpc) is 3.21. The largest absolute Gasteiger partial charge is 0.497 e. The highest BCUT2D eigenvalue weighted by molar-refractivity contribution is 8.00. The molecule has 3 rings (SSSR count). The van der Waals surface area contributed by atoms with Gasteiger partial charge < -0.3 is 14.2 Å². The summed E-state index contributed by atoms with van der Waals surface area (Å²) in [4.78, 5) is 15.2. The minimum Gasteiger partial charge on any atom is -0.497 e. The third-order valence-corrected chi connectivity index (χ3v) is 6.23. The second-order valence-corrected chi connectivity index (χ2v) is 7.77. The van der Waals surface area contributed by atoms with Crippen molar-refractivity contribution >= 4 is 17.7 Å². The molecule has 0 saturated carbocycles. The van der Waals surface area contributed by atoms with E-state index in [1.807, 2.05) is 73.3 Å². The molecule has 0 N–H and O–H groups in total. The van der Waals surface area contributed by atoms with Crippen molar-refractivity contribution in [1.82, 2.24) is 19.7 Å². The van der Waals surface area contributed by atoms with Crippen molar-refractivity contribution in [3.8, 4) is 17.1 Å². The predicted octanol–water partition coefficient (Wildman–Crippen LogP) is 4.68. The highest BCUT2D eigenvalue weighted by atomic mass is 32.2. The van der Waals surface area contributed by atoms with Crippen molar-refractivity contribution in [3.63, 3.8) is 0 Å². The zero-order valence-corrected chi connectivity index (χ0v) is 18.7. The maximum atomic E-state index is 13.3. The van der Waals surface area contributed by atoms with Gasteiger partial charge in [0, 0.05) is 25.2 Å². The smallest absolute Gasteiger partial charge is 0.240 e. The fourth-order valence-corrected chi connectivity index (χ4v) is 4.49. The van der Waals surface area contributed by atoms with E-state index in [4.69, 9.17) is 4.74 Å². The minimum absolute atomic E-state index is 0.0906. The van der Waals surface area contributed by atoms with Crippen LogP contribution in [0.15, 0.2) is 59.8 Å². The van der Waals surface area contributed by atoms with Crippen molar-refractivity contribution in [2.75, 3.05) is 20.2 Å². The Labute approximate surface area is 182 Å². The van der Waals surface area contributed by atoms with Crippen molar-refractivity contribution in [1.29, 1.82) is 0 Å². The highest BCUT2D eigenvalue weighted by Gasteiger charge is 2.28. The average molecular weight is 425 g/mol. The Morgan fingerprint density at radius 2 is 1.70 bits per heavy atom. The Kier molecular flexibility index (Phi) is 7.52. The Bertz CT molecular complexity index is 953. The van der Waals surface area contributed by atoms with Crippen LogP contribution in [0.25, 0.3) is 11.4 Å². The summed E-state index contributed by atoms with van der Waals surface area (Å²) < 4.78 is 7.30. The van der Waals surface area contributed by atoms with Crippen molar-refractivity contribution in [2.45, 2.75) is 37.7 Å².